The second-order valence-corrected chi connectivity index (χ2v) is 1.94. The van der Waals surface area contributed by atoms with Crippen molar-refractivity contribution >= 4 is 0 Å². The molecular weight excluding hydrogens is 148 g/mol. The highest BCUT2D eigenvalue weighted by atomic mass is 19.4. The van der Waals surface area contributed by atoms with E-state index in [0.29, 0.717) is 0 Å². The average Bonchev–Trinajstić information content (AvgIpc) is 1.83. The van der Waals surface area contributed by atoms with Crippen LogP contribution in [0.25, 0.3) is 0 Å². The minimum Gasteiger partial charge on any atom is -0.233 e. The Morgan fingerprint density at radius 2 is 1.80 bits per heavy atom. The third kappa shape index (κ3) is 2.37. The van der Waals surface area contributed by atoms with Gasteiger partial charge in [-0.3, -0.25) is 0 Å². The molecule has 0 N–H and O–H groups in total. The Labute approximate surface area is 56.5 Å². The van der Waals surface area contributed by atoms with E-state index in [9.17, 15) is 17.6 Å². The zero-order valence-electron chi connectivity index (χ0n) is 5.67. The van der Waals surface area contributed by atoms with Gasteiger partial charge < -0.3 is 0 Å². The molecule has 0 nitrogen and oxygen atoms in total. The lowest BCUT2D eigenvalue weighted by atomic mass is 10.2. The van der Waals surface area contributed by atoms with E-state index >= 15 is 0 Å². The average molecular weight is 156 g/mol. The number of hydrogen-bond donors (Lipinski definition) is 0. The predicted octanol–water partition coefficient (Wildman–Crippen LogP) is 2.85. The number of hydrogen-bond acceptors (Lipinski definition) is 0. The van der Waals surface area contributed by atoms with E-state index in [0.717, 1.165) is 13.0 Å². The summed E-state index contributed by atoms with van der Waals surface area (Å²) in [6, 6.07) is 0. The first-order valence-corrected chi connectivity index (χ1v) is 2.73. The van der Waals surface area contributed by atoms with E-state index in [2.05, 4.69) is 0 Å². The third-order valence-corrected chi connectivity index (χ3v) is 1.14. The van der Waals surface area contributed by atoms with Crippen LogP contribution in [0.4, 0.5) is 17.6 Å². The number of halogens is 4. The second kappa shape index (κ2) is 3.03. The summed E-state index contributed by atoms with van der Waals surface area (Å²) in [6.07, 6.45) is -6.45. The summed E-state index contributed by atoms with van der Waals surface area (Å²) in [5, 5.41) is 0. The molecule has 1 atom stereocenters. The lowest BCUT2D eigenvalue weighted by Gasteiger charge is -2.11. The Kier molecular flexibility index (Phi) is 2.87. The van der Waals surface area contributed by atoms with Crippen LogP contribution in [-0.4, -0.2) is 12.3 Å². The highest BCUT2D eigenvalue weighted by molar-refractivity contribution is 5.05. The van der Waals surface area contributed by atoms with E-state index < -0.39 is 12.3 Å². The molecule has 0 aromatic rings. The molecule has 1 unspecified atom stereocenters. The molecule has 4 heteroatoms. The van der Waals surface area contributed by atoms with Gasteiger partial charge in [0.15, 0.2) is 0 Å². The van der Waals surface area contributed by atoms with Crippen molar-refractivity contribution in [3.63, 3.8) is 0 Å². The predicted molar refractivity (Wildman–Crippen MR) is 30.4 cm³/mol. The van der Waals surface area contributed by atoms with Crippen molar-refractivity contribution in [1.29, 1.82) is 0 Å². The Balaban J connectivity index is 4.23. The molecule has 0 saturated carbocycles. The molecule has 0 rings (SSSR count). The molecule has 0 saturated heterocycles. The van der Waals surface area contributed by atoms with Gasteiger partial charge in [-0.15, -0.1) is 0 Å². The minimum atomic E-state index is -4.75. The summed E-state index contributed by atoms with van der Waals surface area (Å²) in [5.41, 5.74) is -0.299. The molecule has 10 heavy (non-hydrogen) atoms. The fourth-order valence-corrected chi connectivity index (χ4v) is 0.404. The van der Waals surface area contributed by atoms with Crippen molar-refractivity contribution < 1.29 is 17.6 Å². The molecule has 60 valence electrons. The Hall–Kier alpha value is -0.540. The van der Waals surface area contributed by atoms with Gasteiger partial charge in [-0.2, -0.15) is 13.2 Å². The number of allylic oxidation sites excluding steroid dienone is 2. The minimum absolute atomic E-state index is 0.299. The van der Waals surface area contributed by atoms with Gasteiger partial charge in [0.1, 0.15) is 0 Å². The fourth-order valence-electron chi connectivity index (χ4n) is 0.404. The van der Waals surface area contributed by atoms with Gasteiger partial charge in [0.25, 0.3) is 0 Å². The first-order valence-electron chi connectivity index (χ1n) is 2.73. The largest absolute Gasteiger partial charge is 0.423 e. The molecule has 0 fully saturated rings. The molecule has 0 aliphatic rings. The topological polar surface area (TPSA) is 0 Å². The maximum Gasteiger partial charge on any atom is 0.423 e. The van der Waals surface area contributed by atoms with Crippen LogP contribution in [0.3, 0.4) is 0 Å². The van der Waals surface area contributed by atoms with Crippen molar-refractivity contribution in [3.05, 3.63) is 11.6 Å². The lowest BCUT2D eigenvalue weighted by Crippen LogP contribution is -2.25. The summed E-state index contributed by atoms with van der Waals surface area (Å²) in [4.78, 5) is 0. The second-order valence-electron chi connectivity index (χ2n) is 1.94. The van der Waals surface area contributed by atoms with Crippen LogP contribution < -0.4 is 0 Å². The smallest absolute Gasteiger partial charge is 0.233 e. The highest BCUT2D eigenvalue weighted by Gasteiger charge is 2.40. The first-order chi connectivity index (χ1) is 4.39. The van der Waals surface area contributed by atoms with E-state index in [-0.39, 0.29) is 5.57 Å². The molecule has 0 heterocycles. The molecule has 0 aliphatic heterocycles. The van der Waals surface area contributed by atoms with E-state index in [4.69, 9.17) is 0 Å². The van der Waals surface area contributed by atoms with Crippen molar-refractivity contribution in [3.8, 4) is 0 Å². The van der Waals surface area contributed by atoms with Crippen LogP contribution in [0.2, 0.25) is 0 Å². The number of rotatable bonds is 1. The van der Waals surface area contributed by atoms with Gasteiger partial charge in [0.05, 0.1) is 0 Å². The van der Waals surface area contributed by atoms with Crippen LogP contribution in [0.15, 0.2) is 11.6 Å². The van der Waals surface area contributed by atoms with Crippen LogP contribution in [0, 0.1) is 0 Å². The molecule has 0 aromatic heterocycles. The quantitative estimate of drug-likeness (QED) is 0.404. The van der Waals surface area contributed by atoms with Crippen molar-refractivity contribution in [1.82, 2.24) is 0 Å². The van der Waals surface area contributed by atoms with Gasteiger partial charge in [-0.1, -0.05) is 6.08 Å². The first kappa shape index (κ1) is 9.46. The van der Waals surface area contributed by atoms with Gasteiger partial charge in [-0.25, -0.2) is 4.39 Å². The maximum atomic E-state index is 12.1. The van der Waals surface area contributed by atoms with Gasteiger partial charge in [0.2, 0.25) is 6.17 Å². The van der Waals surface area contributed by atoms with Gasteiger partial charge in [-0.05, 0) is 19.4 Å². The molecule has 0 aromatic carbocycles. The fraction of sp³-hybridized carbons (Fsp3) is 0.667. The Bertz CT molecular complexity index is 133. The van der Waals surface area contributed by atoms with E-state index in [1.165, 1.54) is 6.92 Å². The summed E-state index contributed by atoms with van der Waals surface area (Å²) < 4.78 is 46.5. The third-order valence-electron chi connectivity index (χ3n) is 1.14. The van der Waals surface area contributed by atoms with Gasteiger partial charge >= 0.3 is 6.18 Å². The monoisotopic (exact) mass is 156 g/mol. The van der Waals surface area contributed by atoms with Crippen LogP contribution >= 0.6 is 0 Å². The Morgan fingerprint density at radius 1 is 1.40 bits per heavy atom. The zero-order valence-corrected chi connectivity index (χ0v) is 5.67. The molecule has 0 aliphatic carbocycles. The molecule has 0 radical (unpaired) electrons. The Morgan fingerprint density at radius 3 is 1.90 bits per heavy atom. The van der Waals surface area contributed by atoms with Crippen molar-refractivity contribution in [2.24, 2.45) is 0 Å². The normalized spacial score (nSPS) is 17.2. The lowest BCUT2D eigenvalue weighted by molar-refractivity contribution is -0.169. The summed E-state index contributed by atoms with van der Waals surface area (Å²) in [7, 11) is 0. The van der Waals surface area contributed by atoms with Gasteiger partial charge in [0, 0.05) is 0 Å². The highest BCUT2D eigenvalue weighted by Crippen LogP contribution is 2.27. The molecule has 0 bridgehead atoms. The van der Waals surface area contributed by atoms with E-state index in [1.807, 2.05) is 0 Å². The summed E-state index contributed by atoms with van der Waals surface area (Å²) in [6.45, 7) is 2.48. The van der Waals surface area contributed by atoms with Crippen LogP contribution in [-0.2, 0) is 0 Å². The SMILES string of the molecule is CC=C(C)C(F)C(F)(F)F. The standard InChI is InChI=1S/C6H8F4/c1-3-4(2)5(7)6(8,9)10/h3,5H,1-2H3. The molecule has 0 spiro atoms. The molecule has 0 amide bonds. The number of alkyl halides is 4. The maximum absolute atomic E-state index is 12.1. The summed E-state index contributed by atoms with van der Waals surface area (Å²) >= 11 is 0. The van der Waals surface area contributed by atoms with Crippen molar-refractivity contribution in [2.45, 2.75) is 26.2 Å². The molecular formula is C6H8F4. The van der Waals surface area contributed by atoms with Crippen LogP contribution in [0.1, 0.15) is 13.8 Å². The van der Waals surface area contributed by atoms with Crippen LogP contribution in [0.5, 0.6) is 0 Å². The van der Waals surface area contributed by atoms with E-state index in [1.54, 1.807) is 0 Å². The zero-order chi connectivity index (χ0) is 8.36. The summed E-state index contributed by atoms with van der Waals surface area (Å²) in [5.74, 6) is 0. The van der Waals surface area contributed by atoms with Crippen molar-refractivity contribution in [2.75, 3.05) is 0 Å².